The normalized spacial score (nSPS) is 17.5. The van der Waals surface area contributed by atoms with Crippen molar-refractivity contribution in [2.24, 2.45) is 5.41 Å². The summed E-state index contributed by atoms with van der Waals surface area (Å²) in [4.78, 5) is 18.5. The van der Waals surface area contributed by atoms with Crippen LogP contribution in [0.3, 0.4) is 0 Å². The van der Waals surface area contributed by atoms with Gasteiger partial charge in [0.1, 0.15) is 29.9 Å². The number of aromatic nitrogens is 3. The van der Waals surface area contributed by atoms with Crippen LogP contribution in [0, 0.1) is 5.41 Å². The molecule has 8 nitrogen and oxygen atoms in total. The second kappa shape index (κ2) is 10.2. The molecule has 204 valence electrons. The molecule has 1 N–H and O–H groups in total. The first-order chi connectivity index (χ1) is 19.3. The third-order valence-corrected chi connectivity index (χ3v) is 7.36. The molecule has 0 fully saturated rings. The number of hydrogen-bond acceptors (Lipinski definition) is 7. The molecule has 1 aliphatic carbocycles. The van der Waals surface area contributed by atoms with Gasteiger partial charge in [-0.2, -0.15) is 4.98 Å². The summed E-state index contributed by atoms with van der Waals surface area (Å²) in [5.41, 5.74) is 4.22. The van der Waals surface area contributed by atoms with Crippen LogP contribution in [0.5, 0.6) is 17.2 Å². The molecule has 1 aromatic heterocycles. The molecule has 1 aliphatic heterocycles. The fourth-order valence-electron chi connectivity index (χ4n) is 5.49. The number of methoxy groups -OCH3 is 2. The second-order valence-corrected chi connectivity index (χ2v) is 11.0. The number of nitrogens with zero attached hydrogens (tertiary/aromatic N) is 3. The van der Waals surface area contributed by atoms with E-state index in [0.717, 1.165) is 40.1 Å². The summed E-state index contributed by atoms with van der Waals surface area (Å²) in [5, 5.41) is 8.37. The average Bonchev–Trinajstić information content (AvgIpc) is 3.38. The molecule has 0 amide bonds. The van der Waals surface area contributed by atoms with Gasteiger partial charge in [0.15, 0.2) is 11.6 Å². The van der Waals surface area contributed by atoms with Gasteiger partial charge < -0.3 is 19.5 Å². The maximum absolute atomic E-state index is 13.7. The molecule has 1 atom stereocenters. The van der Waals surface area contributed by atoms with Crippen LogP contribution in [-0.4, -0.2) is 34.8 Å². The van der Waals surface area contributed by atoms with Gasteiger partial charge in [-0.1, -0.05) is 56.3 Å². The smallest absolute Gasteiger partial charge is 0.226 e. The zero-order valence-corrected chi connectivity index (χ0v) is 23.1. The first kappa shape index (κ1) is 25.7. The predicted octanol–water partition coefficient (Wildman–Crippen LogP) is 6.20. The van der Waals surface area contributed by atoms with Gasteiger partial charge in [0.2, 0.25) is 5.95 Å². The summed E-state index contributed by atoms with van der Waals surface area (Å²) in [6.45, 7) is 4.70. The van der Waals surface area contributed by atoms with E-state index in [1.807, 2.05) is 77.5 Å². The zero-order chi connectivity index (χ0) is 27.9. The molecule has 3 aromatic carbocycles. The molecule has 1 unspecified atom stereocenters. The number of ether oxygens (including phenoxy) is 3. The van der Waals surface area contributed by atoms with Crippen molar-refractivity contribution in [2.45, 2.75) is 39.3 Å². The number of fused-ring (bicyclic) bond motifs is 1. The summed E-state index contributed by atoms with van der Waals surface area (Å²) in [7, 11) is 3.22. The first-order valence-electron chi connectivity index (χ1n) is 13.3. The Morgan fingerprint density at radius 1 is 0.925 bits per heavy atom. The van der Waals surface area contributed by atoms with Crippen LogP contribution in [0.4, 0.5) is 5.95 Å². The maximum atomic E-state index is 13.7. The number of carbonyl (C=O) groups is 1. The molecular formula is C32H32N4O4. The number of ketones is 1. The second-order valence-electron chi connectivity index (χ2n) is 11.0. The maximum Gasteiger partial charge on any atom is 0.226 e. The Balaban J connectivity index is 1.43. The number of benzene rings is 3. The van der Waals surface area contributed by atoms with E-state index in [2.05, 4.69) is 19.2 Å². The Kier molecular flexibility index (Phi) is 6.54. The average molecular weight is 537 g/mol. The number of nitrogens with one attached hydrogen (secondary N) is 1. The third-order valence-electron chi connectivity index (χ3n) is 7.36. The van der Waals surface area contributed by atoms with Gasteiger partial charge in [-0.3, -0.25) is 4.79 Å². The highest BCUT2D eigenvalue weighted by Crippen LogP contribution is 2.46. The van der Waals surface area contributed by atoms with Gasteiger partial charge in [-0.15, -0.1) is 5.10 Å². The number of rotatable bonds is 7. The van der Waals surface area contributed by atoms with Crippen molar-refractivity contribution in [3.8, 4) is 28.6 Å². The fourth-order valence-corrected chi connectivity index (χ4v) is 5.49. The van der Waals surface area contributed by atoms with E-state index in [-0.39, 0.29) is 11.2 Å². The largest absolute Gasteiger partial charge is 0.497 e. The predicted molar refractivity (Wildman–Crippen MR) is 153 cm³/mol. The van der Waals surface area contributed by atoms with Crippen molar-refractivity contribution >= 4 is 11.7 Å². The van der Waals surface area contributed by atoms with Gasteiger partial charge in [0.25, 0.3) is 0 Å². The van der Waals surface area contributed by atoms with Crippen LogP contribution in [0.15, 0.2) is 84.1 Å². The minimum absolute atomic E-state index is 0.116. The molecule has 8 heteroatoms. The van der Waals surface area contributed by atoms with Gasteiger partial charge in [-0.05, 0) is 47.2 Å². The first-order valence-corrected chi connectivity index (χ1v) is 13.3. The van der Waals surface area contributed by atoms with E-state index in [0.29, 0.717) is 36.3 Å². The van der Waals surface area contributed by atoms with E-state index in [9.17, 15) is 4.79 Å². The van der Waals surface area contributed by atoms with E-state index >= 15 is 0 Å². The molecule has 0 spiro atoms. The topological polar surface area (TPSA) is 87.5 Å². The molecule has 0 bridgehead atoms. The Morgan fingerprint density at radius 2 is 1.68 bits per heavy atom. The van der Waals surface area contributed by atoms with E-state index in [4.69, 9.17) is 24.3 Å². The van der Waals surface area contributed by atoms with Crippen molar-refractivity contribution in [2.75, 3.05) is 19.5 Å². The van der Waals surface area contributed by atoms with Gasteiger partial charge in [-0.25, -0.2) is 4.68 Å². The Morgan fingerprint density at radius 3 is 2.40 bits per heavy atom. The van der Waals surface area contributed by atoms with Crippen molar-refractivity contribution in [3.05, 3.63) is 95.2 Å². The highest BCUT2D eigenvalue weighted by Gasteiger charge is 2.42. The van der Waals surface area contributed by atoms with E-state index < -0.39 is 6.04 Å². The molecular weight excluding hydrogens is 504 g/mol. The van der Waals surface area contributed by atoms with Gasteiger partial charge in [0, 0.05) is 29.3 Å². The molecule has 0 saturated heterocycles. The summed E-state index contributed by atoms with van der Waals surface area (Å²) in [6, 6.07) is 23.1. The Bertz CT molecular complexity index is 1580. The molecule has 0 saturated carbocycles. The van der Waals surface area contributed by atoms with E-state index in [1.54, 1.807) is 14.2 Å². The molecule has 2 heterocycles. The Labute approximate surface area is 233 Å². The monoisotopic (exact) mass is 536 g/mol. The minimum atomic E-state index is -0.441. The zero-order valence-electron chi connectivity index (χ0n) is 23.1. The lowest BCUT2D eigenvalue weighted by atomic mass is 9.73. The van der Waals surface area contributed by atoms with Crippen LogP contribution < -0.4 is 19.5 Å². The molecule has 4 aromatic rings. The van der Waals surface area contributed by atoms with Crippen LogP contribution in [0.1, 0.15) is 43.9 Å². The fraction of sp³-hybridized carbons (Fsp3) is 0.281. The highest BCUT2D eigenvalue weighted by molar-refractivity contribution is 6.00. The number of hydrogen-bond donors (Lipinski definition) is 1. The van der Waals surface area contributed by atoms with E-state index in [1.165, 1.54) is 0 Å². The van der Waals surface area contributed by atoms with Crippen molar-refractivity contribution in [3.63, 3.8) is 0 Å². The number of anilines is 1. The van der Waals surface area contributed by atoms with Gasteiger partial charge >= 0.3 is 0 Å². The minimum Gasteiger partial charge on any atom is -0.497 e. The summed E-state index contributed by atoms with van der Waals surface area (Å²) < 4.78 is 18.9. The van der Waals surface area contributed by atoms with Crippen molar-refractivity contribution in [1.82, 2.24) is 14.8 Å². The lowest BCUT2D eigenvalue weighted by Crippen LogP contribution is -2.36. The lowest BCUT2D eigenvalue weighted by molar-refractivity contribution is -0.118. The van der Waals surface area contributed by atoms with Crippen LogP contribution in [0.25, 0.3) is 11.4 Å². The lowest BCUT2D eigenvalue weighted by Gasteiger charge is -2.38. The van der Waals surface area contributed by atoms with Crippen LogP contribution in [0.2, 0.25) is 0 Å². The molecule has 0 radical (unpaired) electrons. The number of carbonyl (C=O) groups excluding carboxylic acids is 1. The number of Topliss-reactive ketones (excluding diaryl/α,β-unsaturated/α-hetero) is 1. The van der Waals surface area contributed by atoms with Crippen LogP contribution >= 0.6 is 0 Å². The Hall–Kier alpha value is -4.59. The summed E-state index contributed by atoms with van der Waals surface area (Å²) in [6.07, 6.45) is 1.21. The van der Waals surface area contributed by atoms with Crippen molar-refractivity contribution < 1.29 is 19.0 Å². The SMILES string of the molecule is COc1cc(OC)cc(-c2nc3n(n2)C(c2cccc(OCc4ccccc4)c2)C2=C(CC(C)(C)CC2=O)N3)c1. The number of allylic oxidation sites excluding steroid dienone is 2. The highest BCUT2D eigenvalue weighted by atomic mass is 16.5. The quantitative estimate of drug-likeness (QED) is 0.301. The van der Waals surface area contributed by atoms with Crippen molar-refractivity contribution in [1.29, 1.82) is 0 Å². The molecule has 40 heavy (non-hydrogen) atoms. The van der Waals surface area contributed by atoms with Gasteiger partial charge in [0.05, 0.1) is 14.2 Å². The third kappa shape index (κ3) is 4.93. The molecule has 2 aliphatic rings. The standard InChI is InChI=1S/C32H32N4O4/c1-32(2)17-26-28(27(37)18-32)29(21-11-8-12-23(13-21)40-19-20-9-6-5-7-10-20)36-31(33-26)34-30(35-36)22-14-24(38-3)16-25(15-22)39-4/h5-16,29H,17-19H2,1-4H3,(H,33,34,35). The van der Waals surface area contributed by atoms with Crippen LogP contribution in [-0.2, 0) is 11.4 Å². The summed E-state index contributed by atoms with van der Waals surface area (Å²) >= 11 is 0. The summed E-state index contributed by atoms with van der Waals surface area (Å²) in [5.74, 6) is 3.22. The molecule has 6 rings (SSSR count).